The van der Waals surface area contributed by atoms with Gasteiger partial charge in [0, 0.05) is 24.9 Å². The van der Waals surface area contributed by atoms with E-state index in [1.54, 1.807) is 18.4 Å². The highest BCUT2D eigenvalue weighted by Gasteiger charge is 2.10. The Morgan fingerprint density at radius 2 is 2.11 bits per heavy atom. The van der Waals surface area contributed by atoms with Crippen molar-refractivity contribution >= 4 is 39.1 Å². The second kappa shape index (κ2) is 7.53. The molecule has 0 aromatic carbocycles. The minimum atomic E-state index is -0.877. The molecule has 0 aliphatic heterocycles. The number of aliphatic carboxylic acids is 1. The number of hydrogen-bond acceptors (Lipinski definition) is 3. The lowest BCUT2D eigenvalue weighted by atomic mass is 10.2. The maximum absolute atomic E-state index is 11.7. The molecule has 1 rings (SSSR count). The fraction of sp³-hybridized carbons (Fsp3) is 0.500. The fourth-order valence-corrected chi connectivity index (χ4v) is 3.00. The van der Waals surface area contributed by atoms with Crippen LogP contribution in [-0.4, -0.2) is 35.5 Å². The van der Waals surface area contributed by atoms with Gasteiger partial charge >= 0.3 is 5.97 Å². The van der Waals surface area contributed by atoms with Crippen LogP contribution in [-0.2, 0) is 16.0 Å². The molecule has 1 amide bonds. The highest BCUT2D eigenvalue weighted by molar-refractivity contribution is 9.11. The molecule has 4 nitrogen and oxygen atoms in total. The Balaban J connectivity index is 2.22. The number of carboxylic acid groups (broad SMARTS) is 1. The number of carbonyl (C=O) groups excluding carboxylic acids is 1. The van der Waals surface area contributed by atoms with Gasteiger partial charge in [-0.15, -0.1) is 11.3 Å². The second-order valence-corrected chi connectivity index (χ2v) is 6.57. The summed E-state index contributed by atoms with van der Waals surface area (Å²) in [5.74, 6) is -0.870. The van der Waals surface area contributed by atoms with Gasteiger partial charge in [0.25, 0.3) is 0 Å². The van der Waals surface area contributed by atoms with Crippen LogP contribution in [0.15, 0.2) is 15.9 Å². The average molecular weight is 334 g/mol. The third kappa shape index (κ3) is 5.64. The zero-order chi connectivity index (χ0) is 13.5. The molecule has 0 aliphatic carbocycles. The second-order valence-electron chi connectivity index (χ2n) is 4.02. The third-order valence-electron chi connectivity index (χ3n) is 2.53. The molecule has 0 saturated heterocycles. The molecular formula is C12H16BrNO3S. The number of hydrogen-bond donors (Lipinski definition) is 1. The fourth-order valence-electron chi connectivity index (χ4n) is 1.48. The van der Waals surface area contributed by atoms with Crippen LogP contribution < -0.4 is 0 Å². The van der Waals surface area contributed by atoms with E-state index in [4.69, 9.17) is 5.11 Å². The summed E-state index contributed by atoms with van der Waals surface area (Å²) in [4.78, 5) is 24.8. The van der Waals surface area contributed by atoms with Crippen molar-refractivity contribution in [2.24, 2.45) is 0 Å². The van der Waals surface area contributed by atoms with Crippen LogP contribution in [0.25, 0.3) is 0 Å². The number of aryl methyl sites for hydroxylation is 1. The van der Waals surface area contributed by atoms with Crippen LogP contribution in [0, 0.1) is 0 Å². The van der Waals surface area contributed by atoms with Gasteiger partial charge in [0.05, 0.1) is 10.2 Å². The molecule has 0 fully saturated rings. The normalized spacial score (nSPS) is 10.3. The van der Waals surface area contributed by atoms with E-state index in [9.17, 15) is 9.59 Å². The maximum atomic E-state index is 11.7. The molecule has 0 atom stereocenters. The highest BCUT2D eigenvalue weighted by atomic mass is 79.9. The topological polar surface area (TPSA) is 57.6 Å². The molecule has 0 saturated carbocycles. The first kappa shape index (κ1) is 15.2. The van der Waals surface area contributed by atoms with E-state index >= 15 is 0 Å². The number of rotatable bonds is 7. The summed E-state index contributed by atoms with van der Waals surface area (Å²) < 4.78 is 1.10. The lowest BCUT2D eigenvalue weighted by Crippen LogP contribution is -2.28. The van der Waals surface area contributed by atoms with Crippen molar-refractivity contribution in [3.8, 4) is 0 Å². The van der Waals surface area contributed by atoms with Crippen molar-refractivity contribution in [2.75, 3.05) is 13.6 Å². The van der Waals surface area contributed by atoms with Gasteiger partial charge in [-0.2, -0.15) is 0 Å². The molecule has 0 radical (unpaired) electrons. The zero-order valence-corrected chi connectivity index (χ0v) is 12.6. The van der Waals surface area contributed by atoms with Crippen LogP contribution in [0.3, 0.4) is 0 Å². The Kier molecular flexibility index (Phi) is 6.35. The van der Waals surface area contributed by atoms with Crippen molar-refractivity contribution in [1.29, 1.82) is 0 Å². The van der Waals surface area contributed by atoms with Gasteiger partial charge in [0.2, 0.25) is 5.91 Å². The number of carbonyl (C=O) groups is 2. The van der Waals surface area contributed by atoms with E-state index in [0.717, 1.165) is 16.6 Å². The lowest BCUT2D eigenvalue weighted by Gasteiger charge is -2.15. The number of thiophene rings is 1. The molecule has 1 heterocycles. The third-order valence-corrected chi connectivity index (χ3v) is 4.21. The Morgan fingerprint density at radius 1 is 1.39 bits per heavy atom. The quantitative estimate of drug-likeness (QED) is 0.834. The van der Waals surface area contributed by atoms with Crippen molar-refractivity contribution in [1.82, 2.24) is 4.90 Å². The first-order valence-electron chi connectivity index (χ1n) is 5.69. The van der Waals surface area contributed by atoms with Gasteiger partial charge in [-0.1, -0.05) is 0 Å². The van der Waals surface area contributed by atoms with Crippen LogP contribution >= 0.6 is 27.3 Å². The first-order valence-corrected chi connectivity index (χ1v) is 7.30. The summed E-state index contributed by atoms with van der Waals surface area (Å²) in [5, 5.41) is 8.53. The van der Waals surface area contributed by atoms with Crippen LogP contribution in [0.2, 0.25) is 0 Å². The smallest absolute Gasteiger partial charge is 0.305 e. The molecule has 0 bridgehead atoms. The predicted molar refractivity (Wildman–Crippen MR) is 74.8 cm³/mol. The van der Waals surface area contributed by atoms with Gasteiger partial charge in [-0.25, -0.2) is 0 Å². The number of halogens is 1. The molecule has 1 aromatic rings. The predicted octanol–water partition coefficient (Wildman–Crippen LogP) is 2.77. The molecule has 18 heavy (non-hydrogen) atoms. The summed E-state index contributed by atoms with van der Waals surface area (Å²) in [6, 6.07) is 4.05. The van der Waals surface area contributed by atoms with Gasteiger partial charge < -0.3 is 10.0 Å². The lowest BCUT2D eigenvalue weighted by molar-refractivity contribution is -0.138. The number of carboxylic acids is 1. The van der Waals surface area contributed by atoms with Crippen LogP contribution in [0.5, 0.6) is 0 Å². The van der Waals surface area contributed by atoms with Crippen molar-refractivity contribution in [2.45, 2.75) is 25.7 Å². The van der Waals surface area contributed by atoms with Gasteiger partial charge in [-0.05, 0) is 40.9 Å². The minimum Gasteiger partial charge on any atom is -0.481 e. The molecule has 1 aromatic heterocycles. The van der Waals surface area contributed by atoms with E-state index in [0.29, 0.717) is 6.42 Å². The first-order chi connectivity index (χ1) is 8.49. The molecule has 6 heteroatoms. The van der Waals surface area contributed by atoms with Gasteiger partial charge in [0.1, 0.15) is 0 Å². The monoisotopic (exact) mass is 333 g/mol. The number of nitrogens with zero attached hydrogens (tertiary/aromatic N) is 1. The Morgan fingerprint density at radius 3 is 2.67 bits per heavy atom. The van der Waals surface area contributed by atoms with E-state index in [2.05, 4.69) is 15.9 Å². The van der Waals surface area contributed by atoms with Gasteiger partial charge in [-0.3, -0.25) is 9.59 Å². The van der Waals surface area contributed by atoms with E-state index in [1.165, 1.54) is 9.78 Å². The molecule has 0 aliphatic rings. The van der Waals surface area contributed by atoms with E-state index in [1.807, 2.05) is 12.1 Å². The molecule has 100 valence electrons. The number of amides is 1. The summed E-state index contributed by atoms with van der Waals surface area (Å²) in [6.45, 7) is 0.277. The molecule has 0 spiro atoms. The molecular weight excluding hydrogens is 318 g/mol. The Hall–Kier alpha value is -0.880. The van der Waals surface area contributed by atoms with Crippen molar-refractivity contribution < 1.29 is 14.7 Å². The summed E-state index contributed by atoms with van der Waals surface area (Å²) >= 11 is 5.07. The van der Waals surface area contributed by atoms with Crippen molar-refractivity contribution in [3.63, 3.8) is 0 Å². The minimum absolute atomic E-state index is 0.000111. The Bertz CT molecular complexity index is 419. The summed E-state index contributed by atoms with van der Waals surface area (Å²) in [6.07, 6.45) is 2.14. The van der Waals surface area contributed by atoms with E-state index in [-0.39, 0.29) is 18.9 Å². The average Bonchev–Trinajstić information content (AvgIpc) is 2.71. The Labute approximate surface area is 119 Å². The largest absolute Gasteiger partial charge is 0.481 e. The summed E-state index contributed by atoms with van der Waals surface area (Å²) in [7, 11) is 1.65. The van der Waals surface area contributed by atoms with E-state index < -0.39 is 5.97 Å². The van der Waals surface area contributed by atoms with Gasteiger partial charge in [0.15, 0.2) is 0 Å². The standard InChI is InChI=1S/C12H16BrNO3S/c1-14(8-7-12(16)17)11(15)4-2-3-9-5-6-10(13)18-9/h5-6H,2-4,7-8H2,1H3,(H,16,17). The van der Waals surface area contributed by atoms with Crippen LogP contribution in [0.4, 0.5) is 0 Å². The zero-order valence-electron chi connectivity index (χ0n) is 10.2. The molecule has 0 unspecified atom stereocenters. The molecule has 1 N–H and O–H groups in total. The highest BCUT2D eigenvalue weighted by Crippen LogP contribution is 2.23. The van der Waals surface area contributed by atoms with Crippen molar-refractivity contribution in [3.05, 3.63) is 20.8 Å². The SMILES string of the molecule is CN(CCC(=O)O)C(=O)CCCc1ccc(Br)s1. The summed E-state index contributed by atoms with van der Waals surface area (Å²) in [5.41, 5.74) is 0. The maximum Gasteiger partial charge on any atom is 0.305 e. The van der Waals surface area contributed by atoms with Crippen LogP contribution in [0.1, 0.15) is 24.1 Å².